The molecular formula is C9H17NO3. The van der Waals surface area contributed by atoms with Crippen molar-refractivity contribution in [2.45, 2.75) is 38.9 Å². The number of hydrogen-bond acceptors (Lipinski definition) is 4. The van der Waals surface area contributed by atoms with Gasteiger partial charge in [-0.25, -0.2) is 4.79 Å². The third kappa shape index (κ3) is 2.67. The predicted octanol–water partition coefficient (Wildman–Crippen LogP) is 0.664. The summed E-state index contributed by atoms with van der Waals surface area (Å²) in [5, 5.41) is 2.96. The van der Waals surface area contributed by atoms with E-state index in [-0.39, 0.29) is 5.97 Å². The van der Waals surface area contributed by atoms with Crippen molar-refractivity contribution in [3.8, 4) is 0 Å². The Hall–Kier alpha value is -0.610. The van der Waals surface area contributed by atoms with Gasteiger partial charge in [-0.1, -0.05) is 0 Å². The van der Waals surface area contributed by atoms with Crippen LogP contribution in [0.25, 0.3) is 0 Å². The number of hydrogen-bond donors (Lipinski definition) is 1. The molecule has 1 N–H and O–H groups in total. The Balaban J connectivity index is 2.57. The highest BCUT2D eigenvalue weighted by atomic mass is 16.6. The molecule has 0 spiro atoms. The number of rotatable bonds is 1. The molecule has 13 heavy (non-hydrogen) atoms. The quantitative estimate of drug-likeness (QED) is 0.613. The number of carbonyl (C=O) groups is 1. The van der Waals surface area contributed by atoms with Gasteiger partial charge in [-0.3, -0.25) is 5.32 Å². The zero-order valence-electron chi connectivity index (χ0n) is 8.64. The van der Waals surface area contributed by atoms with Crippen molar-refractivity contribution < 1.29 is 14.3 Å². The second kappa shape index (κ2) is 3.27. The molecule has 1 rings (SSSR count). The van der Waals surface area contributed by atoms with Crippen LogP contribution in [0.5, 0.6) is 0 Å². The Labute approximate surface area is 78.6 Å². The standard InChI is InChI=1S/C9H17NO3/c1-8(2,3)13-7(11)9(4)5-10-6-12-9/h10H,5-6H2,1-4H3. The second-order valence-corrected chi connectivity index (χ2v) is 4.45. The van der Waals surface area contributed by atoms with Crippen LogP contribution in [-0.4, -0.2) is 30.4 Å². The fourth-order valence-electron chi connectivity index (χ4n) is 1.07. The molecule has 1 fully saturated rings. The molecule has 4 nitrogen and oxygen atoms in total. The SMILES string of the molecule is CC(C)(C)OC(=O)C1(C)CNCO1. The molecule has 0 amide bonds. The van der Waals surface area contributed by atoms with Crippen molar-refractivity contribution in [2.24, 2.45) is 0 Å². The number of nitrogens with one attached hydrogen (secondary N) is 1. The van der Waals surface area contributed by atoms with Gasteiger partial charge < -0.3 is 9.47 Å². The van der Waals surface area contributed by atoms with E-state index in [2.05, 4.69) is 5.32 Å². The Morgan fingerprint density at radius 3 is 2.54 bits per heavy atom. The summed E-state index contributed by atoms with van der Waals surface area (Å²) in [7, 11) is 0. The van der Waals surface area contributed by atoms with E-state index in [1.54, 1.807) is 6.92 Å². The van der Waals surface area contributed by atoms with Crippen LogP contribution in [0, 0.1) is 0 Å². The highest BCUT2D eigenvalue weighted by Gasteiger charge is 2.41. The number of esters is 1. The Bertz CT molecular complexity index is 201. The van der Waals surface area contributed by atoms with Crippen molar-refractivity contribution in [2.75, 3.05) is 13.3 Å². The molecule has 0 aromatic heterocycles. The summed E-state index contributed by atoms with van der Waals surface area (Å²) in [6, 6.07) is 0. The van der Waals surface area contributed by atoms with E-state index in [1.807, 2.05) is 20.8 Å². The van der Waals surface area contributed by atoms with Gasteiger partial charge in [0.2, 0.25) is 0 Å². The third-order valence-electron chi connectivity index (χ3n) is 1.79. The Kier molecular flexibility index (Phi) is 2.63. The van der Waals surface area contributed by atoms with E-state index in [0.717, 1.165) is 0 Å². The van der Waals surface area contributed by atoms with Crippen LogP contribution in [0.3, 0.4) is 0 Å². The molecule has 1 heterocycles. The largest absolute Gasteiger partial charge is 0.458 e. The van der Waals surface area contributed by atoms with Crippen LogP contribution < -0.4 is 5.32 Å². The van der Waals surface area contributed by atoms with Crippen LogP contribution in [0.2, 0.25) is 0 Å². The van der Waals surface area contributed by atoms with Crippen LogP contribution in [0.4, 0.5) is 0 Å². The summed E-state index contributed by atoms with van der Waals surface area (Å²) < 4.78 is 10.5. The smallest absolute Gasteiger partial charge is 0.340 e. The van der Waals surface area contributed by atoms with Crippen molar-refractivity contribution in [1.29, 1.82) is 0 Å². The van der Waals surface area contributed by atoms with Gasteiger partial charge in [0.15, 0.2) is 5.60 Å². The van der Waals surface area contributed by atoms with Crippen LogP contribution in [0.1, 0.15) is 27.7 Å². The maximum absolute atomic E-state index is 11.6. The maximum atomic E-state index is 11.6. The van der Waals surface area contributed by atoms with Gasteiger partial charge >= 0.3 is 5.97 Å². The van der Waals surface area contributed by atoms with Gasteiger partial charge in [0.25, 0.3) is 0 Å². The normalized spacial score (nSPS) is 28.9. The van der Waals surface area contributed by atoms with E-state index in [4.69, 9.17) is 9.47 Å². The first-order valence-electron chi connectivity index (χ1n) is 4.42. The van der Waals surface area contributed by atoms with Crippen LogP contribution >= 0.6 is 0 Å². The molecule has 1 atom stereocenters. The van der Waals surface area contributed by atoms with Crippen LogP contribution in [-0.2, 0) is 14.3 Å². The molecule has 0 aliphatic carbocycles. The van der Waals surface area contributed by atoms with Gasteiger partial charge in [0, 0.05) is 6.54 Å². The monoisotopic (exact) mass is 187 g/mol. The van der Waals surface area contributed by atoms with Crippen molar-refractivity contribution >= 4 is 5.97 Å². The zero-order valence-corrected chi connectivity index (χ0v) is 8.64. The Morgan fingerprint density at radius 2 is 2.15 bits per heavy atom. The van der Waals surface area contributed by atoms with E-state index in [0.29, 0.717) is 13.3 Å². The molecule has 1 aliphatic heterocycles. The summed E-state index contributed by atoms with van der Waals surface area (Å²) in [5.74, 6) is -0.301. The molecule has 0 aromatic rings. The summed E-state index contributed by atoms with van der Waals surface area (Å²) in [4.78, 5) is 11.6. The minimum Gasteiger partial charge on any atom is -0.458 e. The Morgan fingerprint density at radius 1 is 1.54 bits per heavy atom. The molecule has 4 heteroatoms. The van der Waals surface area contributed by atoms with Gasteiger partial charge in [-0.15, -0.1) is 0 Å². The summed E-state index contributed by atoms with van der Waals surface area (Å²) >= 11 is 0. The molecular weight excluding hydrogens is 170 g/mol. The lowest BCUT2D eigenvalue weighted by atomic mass is 10.1. The van der Waals surface area contributed by atoms with Gasteiger partial charge in [-0.2, -0.15) is 0 Å². The fraction of sp³-hybridized carbons (Fsp3) is 0.889. The molecule has 1 aliphatic rings. The van der Waals surface area contributed by atoms with Crippen LogP contribution in [0.15, 0.2) is 0 Å². The highest BCUT2D eigenvalue weighted by molar-refractivity contribution is 5.80. The summed E-state index contributed by atoms with van der Waals surface area (Å²) in [6.45, 7) is 8.20. The molecule has 1 unspecified atom stereocenters. The zero-order chi connectivity index (χ0) is 10.1. The lowest BCUT2D eigenvalue weighted by Crippen LogP contribution is -2.43. The summed E-state index contributed by atoms with van der Waals surface area (Å²) in [6.07, 6.45) is 0. The maximum Gasteiger partial charge on any atom is 0.340 e. The molecule has 0 aromatic carbocycles. The van der Waals surface area contributed by atoms with Crippen molar-refractivity contribution in [1.82, 2.24) is 5.32 Å². The number of carbonyl (C=O) groups excluding carboxylic acids is 1. The van der Waals surface area contributed by atoms with E-state index in [1.165, 1.54) is 0 Å². The van der Waals surface area contributed by atoms with Gasteiger partial charge in [0.05, 0.1) is 6.73 Å². The topological polar surface area (TPSA) is 47.6 Å². The lowest BCUT2D eigenvalue weighted by molar-refractivity contribution is -0.175. The van der Waals surface area contributed by atoms with Crippen molar-refractivity contribution in [3.63, 3.8) is 0 Å². The van der Waals surface area contributed by atoms with Crippen molar-refractivity contribution in [3.05, 3.63) is 0 Å². The van der Waals surface area contributed by atoms with E-state index in [9.17, 15) is 4.79 Å². The van der Waals surface area contributed by atoms with E-state index < -0.39 is 11.2 Å². The minimum atomic E-state index is -0.812. The molecule has 76 valence electrons. The first-order valence-corrected chi connectivity index (χ1v) is 4.42. The van der Waals surface area contributed by atoms with Gasteiger partial charge in [-0.05, 0) is 27.7 Å². The average molecular weight is 187 g/mol. The molecule has 0 bridgehead atoms. The first-order chi connectivity index (χ1) is 5.83. The highest BCUT2D eigenvalue weighted by Crippen LogP contribution is 2.19. The molecule has 1 saturated heterocycles. The lowest BCUT2D eigenvalue weighted by Gasteiger charge is -2.26. The number of ether oxygens (including phenoxy) is 2. The molecule has 0 radical (unpaired) electrons. The first kappa shape index (κ1) is 10.5. The average Bonchev–Trinajstić information content (AvgIpc) is 2.33. The second-order valence-electron chi connectivity index (χ2n) is 4.45. The summed E-state index contributed by atoms with van der Waals surface area (Å²) in [5.41, 5.74) is -1.26. The van der Waals surface area contributed by atoms with E-state index >= 15 is 0 Å². The molecule has 0 saturated carbocycles. The third-order valence-corrected chi connectivity index (χ3v) is 1.79. The van der Waals surface area contributed by atoms with Gasteiger partial charge in [0.1, 0.15) is 5.60 Å². The fourth-order valence-corrected chi connectivity index (χ4v) is 1.07. The predicted molar refractivity (Wildman–Crippen MR) is 48.2 cm³/mol. The minimum absolute atomic E-state index is 0.301.